The fraction of sp³-hybridized carbons (Fsp3) is 0.588. The van der Waals surface area contributed by atoms with Crippen LogP contribution < -0.4 is 11.3 Å². The number of benzene rings is 1. The van der Waals surface area contributed by atoms with Gasteiger partial charge in [0.25, 0.3) is 0 Å². The summed E-state index contributed by atoms with van der Waals surface area (Å²) < 4.78 is 0. The zero-order valence-corrected chi connectivity index (χ0v) is 13.0. The van der Waals surface area contributed by atoms with Gasteiger partial charge in [-0.3, -0.25) is 10.2 Å². The van der Waals surface area contributed by atoms with E-state index in [4.69, 9.17) is 5.84 Å². The predicted octanol–water partition coefficient (Wildman–Crippen LogP) is 2.23. The van der Waals surface area contributed by atoms with E-state index in [1.165, 1.54) is 37.7 Å². The van der Waals surface area contributed by atoms with Crippen molar-refractivity contribution in [2.45, 2.75) is 45.1 Å². The Morgan fingerprint density at radius 1 is 1.24 bits per heavy atom. The monoisotopic (exact) mass is 289 g/mol. The second-order valence-corrected chi connectivity index (χ2v) is 6.21. The molecule has 1 saturated carbocycles. The molecule has 1 fully saturated rings. The number of nitrogens with one attached hydrogen (secondary N) is 1. The molecule has 0 aromatic heterocycles. The van der Waals surface area contributed by atoms with Crippen molar-refractivity contribution in [3.8, 4) is 0 Å². The molecule has 0 spiro atoms. The highest BCUT2D eigenvalue weighted by Crippen LogP contribution is 2.24. The Morgan fingerprint density at radius 3 is 2.57 bits per heavy atom. The van der Waals surface area contributed by atoms with Gasteiger partial charge in [-0.25, -0.2) is 5.84 Å². The van der Waals surface area contributed by atoms with E-state index in [1.54, 1.807) is 0 Å². The Labute approximate surface area is 127 Å². The van der Waals surface area contributed by atoms with Crippen LogP contribution in [0.1, 0.15) is 43.2 Å². The highest BCUT2D eigenvalue weighted by atomic mass is 16.2. The van der Waals surface area contributed by atoms with E-state index < -0.39 is 0 Å². The largest absolute Gasteiger partial charge is 0.302 e. The molecule has 116 valence electrons. The third-order valence-corrected chi connectivity index (χ3v) is 4.37. The van der Waals surface area contributed by atoms with Gasteiger partial charge in [0.1, 0.15) is 0 Å². The third-order valence-electron chi connectivity index (χ3n) is 4.37. The van der Waals surface area contributed by atoms with E-state index in [2.05, 4.69) is 23.4 Å². The standard InChI is InChI=1S/C17H27N3O/c1-20(12-14-7-3-2-4-8-14)13-16-10-6-5-9-15(16)11-17(21)19-18/h5-6,9-10,14H,2-4,7-8,11-13,18H2,1H3,(H,19,21). The molecule has 1 amide bonds. The maximum absolute atomic E-state index is 11.5. The van der Waals surface area contributed by atoms with Gasteiger partial charge in [0.15, 0.2) is 0 Å². The first-order chi connectivity index (χ1) is 10.2. The number of nitrogens with two attached hydrogens (primary N) is 1. The maximum Gasteiger partial charge on any atom is 0.238 e. The van der Waals surface area contributed by atoms with Crippen LogP contribution in [-0.2, 0) is 17.8 Å². The maximum atomic E-state index is 11.5. The lowest BCUT2D eigenvalue weighted by Gasteiger charge is -2.27. The van der Waals surface area contributed by atoms with Crippen molar-refractivity contribution in [2.24, 2.45) is 11.8 Å². The molecule has 0 radical (unpaired) electrons. The smallest absolute Gasteiger partial charge is 0.238 e. The number of amides is 1. The fourth-order valence-electron chi connectivity index (χ4n) is 3.27. The predicted molar refractivity (Wildman–Crippen MR) is 85.4 cm³/mol. The molecule has 1 aromatic carbocycles. The minimum absolute atomic E-state index is 0.141. The van der Waals surface area contributed by atoms with Gasteiger partial charge in [-0.2, -0.15) is 0 Å². The van der Waals surface area contributed by atoms with Gasteiger partial charge in [0.2, 0.25) is 5.91 Å². The summed E-state index contributed by atoms with van der Waals surface area (Å²) in [5.41, 5.74) is 4.49. The lowest BCUT2D eigenvalue weighted by atomic mass is 9.89. The molecular weight excluding hydrogens is 262 g/mol. The average molecular weight is 289 g/mol. The Kier molecular flexibility index (Phi) is 6.21. The van der Waals surface area contributed by atoms with Crippen LogP contribution in [0.5, 0.6) is 0 Å². The van der Waals surface area contributed by atoms with Crippen molar-refractivity contribution in [3.05, 3.63) is 35.4 Å². The first-order valence-electron chi connectivity index (χ1n) is 7.94. The average Bonchev–Trinajstić information content (AvgIpc) is 2.50. The molecule has 0 saturated heterocycles. The topological polar surface area (TPSA) is 58.4 Å². The number of carbonyl (C=O) groups is 1. The van der Waals surface area contributed by atoms with Gasteiger partial charge >= 0.3 is 0 Å². The Hall–Kier alpha value is -1.39. The van der Waals surface area contributed by atoms with Crippen LogP contribution in [0.3, 0.4) is 0 Å². The number of rotatable bonds is 6. The summed E-state index contributed by atoms with van der Waals surface area (Å²) in [7, 11) is 2.17. The molecule has 0 heterocycles. The molecule has 1 aliphatic carbocycles. The summed E-state index contributed by atoms with van der Waals surface area (Å²) in [6.07, 6.45) is 7.24. The summed E-state index contributed by atoms with van der Waals surface area (Å²) in [4.78, 5) is 13.9. The molecule has 4 heteroatoms. The van der Waals surface area contributed by atoms with Gasteiger partial charge in [-0.05, 0) is 36.9 Å². The van der Waals surface area contributed by atoms with Crippen LogP contribution in [0.2, 0.25) is 0 Å². The number of carbonyl (C=O) groups excluding carboxylic acids is 1. The molecule has 3 N–H and O–H groups in total. The van der Waals surface area contributed by atoms with Crippen LogP contribution in [0.25, 0.3) is 0 Å². The molecule has 1 aromatic rings. The highest BCUT2D eigenvalue weighted by molar-refractivity contribution is 5.78. The molecule has 0 aliphatic heterocycles. The van der Waals surface area contributed by atoms with Crippen molar-refractivity contribution in [3.63, 3.8) is 0 Å². The summed E-state index contributed by atoms with van der Waals surface area (Å²) in [6.45, 7) is 2.04. The lowest BCUT2D eigenvalue weighted by Crippen LogP contribution is -2.32. The summed E-state index contributed by atoms with van der Waals surface area (Å²) in [5, 5.41) is 0. The first-order valence-corrected chi connectivity index (χ1v) is 7.94. The molecule has 1 aliphatic rings. The highest BCUT2D eigenvalue weighted by Gasteiger charge is 2.16. The van der Waals surface area contributed by atoms with E-state index in [-0.39, 0.29) is 5.91 Å². The molecule has 4 nitrogen and oxygen atoms in total. The van der Waals surface area contributed by atoms with Crippen LogP contribution in [0.4, 0.5) is 0 Å². The zero-order valence-electron chi connectivity index (χ0n) is 13.0. The van der Waals surface area contributed by atoms with Crippen molar-refractivity contribution >= 4 is 5.91 Å². The van der Waals surface area contributed by atoms with E-state index >= 15 is 0 Å². The quantitative estimate of drug-likeness (QED) is 0.480. The molecule has 21 heavy (non-hydrogen) atoms. The van der Waals surface area contributed by atoms with Gasteiger partial charge in [-0.1, -0.05) is 43.5 Å². The SMILES string of the molecule is CN(Cc1ccccc1CC(=O)NN)CC1CCCCC1. The fourth-order valence-corrected chi connectivity index (χ4v) is 3.27. The molecular formula is C17H27N3O. The second-order valence-electron chi connectivity index (χ2n) is 6.21. The Bertz CT molecular complexity index is 455. The number of nitrogens with zero attached hydrogens (tertiary/aromatic N) is 1. The van der Waals surface area contributed by atoms with E-state index in [9.17, 15) is 4.79 Å². The zero-order chi connectivity index (χ0) is 15.1. The molecule has 0 atom stereocenters. The van der Waals surface area contributed by atoms with Crippen LogP contribution in [-0.4, -0.2) is 24.4 Å². The van der Waals surface area contributed by atoms with Crippen molar-refractivity contribution in [1.29, 1.82) is 0 Å². The van der Waals surface area contributed by atoms with Gasteiger partial charge in [0, 0.05) is 13.1 Å². The number of hydrazine groups is 1. The third kappa shape index (κ3) is 5.14. The molecule has 2 rings (SSSR count). The first kappa shape index (κ1) is 16.0. The summed E-state index contributed by atoms with van der Waals surface area (Å²) in [5.74, 6) is 5.88. The minimum atomic E-state index is -0.141. The summed E-state index contributed by atoms with van der Waals surface area (Å²) in [6, 6.07) is 8.13. The summed E-state index contributed by atoms with van der Waals surface area (Å²) >= 11 is 0. The van der Waals surface area contributed by atoms with Gasteiger partial charge in [0.05, 0.1) is 6.42 Å². The minimum Gasteiger partial charge on any atom is -0.302 e. The van der Waals surface area contributed by atoms with Gasteiger partial charge in [-0.15, -0.1) is 0 Å². The van der Waals surface area contributed by atoms with Gasteiger partial charge < -0.3 is 4.90 Å². The van der Waals surface area contributed by atoms with Crippen LogP contribution in [0.15, 0.2) is 24.3 Å². The lowest BCUT2D eigenvalue weighted by molar-refractivity contribution is -0.120. The second kappa shape index (κ2) is 8.15. The molecule has 0 unspecified atom stereocenters. The number of hydrogen-bond acceptors (Lipinski definition) is 3. The van der Waals surface area contributed by atoms with E-state index in [0.29, 0.717) is 6.42 Å². The Balaban J connectivity index is 1.93. The van der Waals surface area contributed by atoms with Crippen LogP contribution in [0, 0.1) is 5.92 Å². The van der Waals surface area contributed by atoms with Crippen LogP contribution >= 0.6 is 0 Å². The van der Waals surface area contributed by atoms with Crippen molar-refractivity contribution < 1.29 is 4.79 Å². The van der Waals surface area contributed by atoms with Crippen molar-refractivity contribution in [1.82, 2.24) is 10.3 Å². The van der Waals surface area contributed by atoms with Crippen molar-refractivity contribution in [2.75, 3.05) is 13.6 Å². The number of hydrogen-bond donors (Lipinski definition) is 2. The van der Waals surface area contributed by atoms with E-state index in [1.807, 2.05) is 18.2 Å². The Morgan fingerprint density at radius 2 is 1.90 bits per heavy atom. The molecule has 0 bridgehead atoms. The normalized spacial score (nSPS) is 16.1. The van der Waals surface area contributed by atoms with E-state index in [0.717, 1.165) is 24.6 Å².